The van der Waals surface area contributed by atoms with Crippen molar-refractivity contribution in [1.82, 2.24) is 4.57 Å². The van der Waals surface area contributed by atoms with E-state index in [1.807, 2.05) is 34.9 Å². The van der Waals surface area contributed by atoms with Crippen molar-refractivity contribution in [3.8, 4) is 0 Å². The van der Waals surface area contributed by atoms with Gasteiger partial charge < -0.3 is 10.3 Å². The summed E-state index contributed by atoms with van der Waals surface area (Å²) >= 11 is 0. The van der Waals surface area contributed by atoms with Crippen LogP contribution in [-0.2, 0) is 12.8 Å². The molecular weight excluding hydrogens is 284 g/mol. The molecule has 23 heavy (non-hydrogen) atoms. The average molecular weight is 310 g/mol. The molecule has 1 aromatic heterocycles. The third-order valence-corrected chi connectivity index (χ3v) is 5.09. The lowest BCUT2D eigenvalue weighted by Crippen LogP contribution is -2.34. The fraction of sp³-hybridized carbons (Fsp3) is 0.450. The van der Waals surface area contributed by atoms with E-state index >= 15 is 0 Å². The molecule has 0 saturated carbocycles. The Bertz CT molecular complexity index is 733. The van der Waals surface area contributed by atoms with Crippen LogP contribution in [0.1, 0.15) is 67.6 Å². The monoisotopic (exact) mass is 310 g/mol. The molecule has 0 bridgehead atoms. The zero-order valence-electron chi connectivity index (χ0n) is 14.1. The molecule has 3 heteroatoms. The fourth-order valence-electron chi connectivity index (χ4n) is 3.57. The summed E-state index contributed by atoms with van der Waals surface area (Å²) in [6, 6.07) is 11.9. The Morgan fingerprint density at radius 1 is 1.17 bits per heavy atom. The lowest BCUT2D eigenvalue weighted by Gasteiger charge is -2.27. The quantitative estimate of drug-likeness (QED) is 0.935. The molecule has 0 amide bonds. The molecule has 1 heterocycles. The summed E-state index contributed by atoms with van der Waals surface area (Å²) in [5, 5.41) is 0. The maximum Gasteiger partial charge on any atom is 0.256 e. The Morgan fingerprint density at radius 3 is 2.57 bits per heavy atom. The molecule has 0 aliphatic heterocycles. The van der Waals surface area contributed by atoms with Crippen molar-refractivity contribution in [2.75, 3.05) is 0 Å². The van der Waals surface area contributed by atoms with Crippen LogP contribution in [0.25, 0.3) is 0 Å². The van der Waals surface area contributed by atoms with Crippen molar-refractivity contribution < 1.29 is 0 Å². The van der Waals surface area contributed by atoms with E-state index in [9.17, 15) is 4.79 Å². The molecule has 122 valence electrons. The topological polar surface area (TPSA) is 48.0 Å². The Balaban J connectivity index is 2.16. The molecule has 0 saturated heterocycles. The fourth-order valence-corrected chi connectivity index (χ4v) is 3.57. The van der Waals surface area contributed by atoms with Crippen LogP contribution in [0.5, 0.6) is 0 Å². The molecule has 1 aliphatic carbocycles. The van der Waals surface area contributed by atoms with Crippen molar-refractivity contribution >= 4 is 0 Å². The molecule has 3 rings (SSSR count). The number of hydrogen-bond donors (Lipinski definition) is 1. The minimum Gasteiger partial charge on any atom is -0.320 e. The second-order valence-electron chi connectivity index (χ2n) is 6.60. The van der Waals surface area contributed by atoms with E-state index in [0.29, 0.717) is 0 Å². The summed E-state index contributed by atoms with van der Waals surface area (Å²) in [6.07, 6.45) is 5.39. The number of fused-ring (bicyclic) bond motifs is 1. The Hall–Kier alpha value is -1.87. The molecule has 3 nitrogen and oxygen atoms in total. The maximum absolute atomic E-state index is 13.1. The van der Waals surface area contributed by atoms with Crippen molar-refractivity contribution in [2.45, 2.75) is 58.0 Å². The zero-order valence-corrected chi connectivity index (χ0v) is 14.1. The highest BCUT2D eigenvalue weighted by Crippen LogP contribution is 2.27. The van der Waals surface area contributed by atoms with E-state index in [1.54, 1.807) is 0 Å². The van der Waals surface area contributed by atoms with Gasteiger partial charge in [0.05, 0.1) is 6.04 Å². The summed E-state index contributed by atoms with van der Waals surface area (Å²) in [5.41, 5.74) is 10.8. The van der Waals surface area contributed by atoms with Crippen LogP contribution in [0.3, 0.4) is 0 Å². The smallest absolute Gasteiger partial charge is 0.256 e. The molecular formula is C20H26N2O. The molecule has 0 radical (unpaired) electrons. The van der Waals surface area contributed by atoms with Crippen LogP contribution in [-0.4, -0.2) is 4.57 Å². The summed E-state index contributed by atoms with van der Waals surface area (Å²) in [4.78, 5) is 13.1. The third-order valence-electron chi connectivity index (χ3n) is 5.09. The van der Waals surface area contributed by atoms with Crippen LogP contribution >= 0.6 is 0 Å². The molecule has 1 aromatic carbocycles. The average Bonchev–Trinajstić information content (AvgIpc) is 2.60. The van der Waals surface area contributed by atoms with Crippen LogP contribution in [0.4, 0.5) is 0 Å². The normalized spacial score (nSPS) is 16.7. The number of aromatic nitrogens is 1. The van der Waals surface area contributed by atoms with E-state index in [4.69, 9.17) is 5.73 Å². The van der Waals surface area contributed by atoms with Gasteiger partial charge in [0, 0.05) is 17.3 Å². The number of rotatable bonds is 4. The van der Waals surface area contributed by atoms with E-state index in [2.05, 4.69) is 19.9 Å². The molecule has 2 unspecified atom stereocenters. The Morgan fingerprint density at radius 2 is 1.87 bits per heavy atom. The van der Waals surface area contributed by atoms with Gasteiger partial charge in [-0.2, -0.15) is 0 Å². The van der Waals surface area contributed by atoms with Gasteiger partial charge in [-0.1, -0.05) is 37.3 Å². The molecule has 0 spiro atoms. The number of pyridine rings is 1. The van der Waals surface area contributed by atoms with Gasteiger partial charge in [0.25, 0.3) is 5.56 Å². The Kier molecular flexibility index (Phi) is 4.67. The van der Waals surface area contributed by atoms with Gasteiger partial charge in [0.15, 0.2) is 0 Å². The number of nitrogens with zero attached hydrogens (tertiary/aromatic N) is 1. The predicted octanol–water partition coefficient (Wildman–Crippen LogP) is 3.75. The molecule has 2 aromatic rings. The highest BCUT2D eigenvalue weighted by atomic mass is 16.1. The standard InChI is InChI=1S/C20H26N2O/c1-3-14(2)22-18-12-8-7-11-16(18)13-17(20(22)23)19(21)15-9-5-4-6-10-15/h4-6,9-10,13-14,19H,3,7-8,11-12,21H2,1-2H3. The van der Waals surface area contributed by atoms with Crippen molar-refractivity contribution in [3.05, 3.63) is 69.1 Å². The minimum absolute atomic E-state index is 0.0938. The number of aryl methyl sites for hydroxylation is 1. The summed E-state index contributed by atoms with van der Waals surface area (Å²) in [6.45, 7) is 4.27. The van der Waals surface area contributed by atoms with Crippen LogP contribution < -0.4 is 11.3 Å². The maximum atomic E-state index is 13.1. The van der Waals surface area contributed by atoms with Crippen LogP contribution in [0, 0.1) is 0 Å². The lowest BCUT2D eigenvalue weighted by atomic mass is 9.91. The predicted molar refractivity (Wildman–Crippen MR) is 94.8 cm³/mol. The van der Waals surface area contributed by atoms with Crippen LogP contribution in [0.15, 0.2) is 41.2 Å². The van der Waals surface area contributed by atoms with Gasteiger partial charge in [-0.25, -0.2) is 0 Å². The largest absolute Gasteiger partial charge is 0.320 e. The number of benzene rings is 1. The first-order valence-electron chi connectivity index (χ1n) is 8.71. The first-order chi connectivity index (χ1) is 11.1. The van der Waals surface area contributed by atoms with E-state index < -0.39 is 0 Å². The van der Waals surface area contributed by atoms with E-state index in [0.717, 1.165) is 30.4 Å². The Labute approximate surface area is 138 Å². The van der Waals surface area contributed by atoms with Gasteiger partial charge in [0.1, 0.15) is 0 Å². The second-order valence-corrected chi connectivity index (χ2v) is 6.60. The third kappa shape index (κ3) is 2.98. The van der Waals surface area contributed by atoms with E-state index in [-0.39, 0.29) is 17.6 Å². The van der Waals surface area contributed by atoms with Gasteiger partial charge >= 0.3 is 0 Å². The van der Waals surface area contributed by atoms with Gasteiger partial charge in [-0.3, -0.25) is 4.79 Å². The molecule has 2 N–H and O–H groups in total. The van der Waals surface area contributed by atoms with E-state index in [1.165, 1.54) is 24.1 Å². The van der Waals surface area contributed by atoms with Gasteiger partial charge in [-0.15, -0.1) is 0 Å². The van der Waals surface area contributed by atoms with Crippen molar-refractivity contribution in [2.24, 2.45) is 5.73 Å². The van der Waals surface area contributed by atoms with Crippen LogP contribution in [0.2, 0.25) is 0 Å². The highest BCUT2D eigenvalue weighted by molar-refractivity contribution is 5.36. The molecule has 1 aliphatic rings. The second kappa shape index (κ2) is 6.71. The molecule has 2 atom stereocenters. The number of hydrogen-bond acceptors (Lipinski definition) is 2. The summed E-state index contributed by atoms with van der Waals surface area (Å²) in [7, 11) is 0. The van der Waals surface area contributed by atoms with Gasteiger partial charge in [0.2, 0.25) is 0 Å². The lowest BCUT2D eigenvalue weighted by molar-refractivity contribution is 0.470. The zero-order chi connectivity index (χ0) is 16.4. The molecule has 0 fully saturated rings. The summed E-state index contributed by atoms with van der Waals surface area (Å²) < 4.78 is 2.02. The van der Waals surface area contributed by atoms with Crippen molar-refractivity contribution in [3.63, 3.8) is 0 Å². The first-order valence-corrected chi connectivity index (χ1v) is 8.71. The highest BCUT2D eigenvalue weighted by Gasteiger charge is 2.23. The van der Waals surface area contributed by atoms with Gasteiger partial charge in [-0.05, 0) is 56.2 Å². The summed E-state index contributed by atoms with van der Waals surface area (Å²) in [5.74, 6) is 0. The SMILES string of the molecule is CCC(C)n1c2c(cc(C(N)c3ccccc3)c1=O)CCCC2. The first kappa shape index (κ1) is 16.0. The number of nitrogens with two attached hydrogens (primary N) is 1. The minimum atomic E-state index is -0.355. The van der Waals surface area contributed by atoms with Crippen molar-refractivity contribution in [1.29, 1.82) is 0 Å².